The highest BCUT2D eigenvalue weighted by molar-refractivity contribution is 6.15. The van der Waals surface area contributed by atoms with Crippen molar-refractivity contribution in [3.8, 4) is 39.6 Å². The Morgan fingerprint density at radius 2 is 1.26 bits per heavy atom. The minimum atomic E-state index is -0.129. The Morgan fingerprint density at radius 3 is 2.15 bits per heavy atom. The van der Waals surface area contributed by atoms with Crippen molar-refractivity contribution in [3.63, 3.8) is 0 Å². The van der Waals surface area contributed by atoms with E-state index < -0.39 is 0 Å². The molecule has 0 atom stereocenters. The van der Waals surface area contributed by atoms with E-state index >= 15 is 0 Å². The van der Waals surface area contributed by atoms with Gasteiger partial charge in [-0.15, -0.1) is 0 Å². The zero-order valence-electron chi connectivity index (χ0n) is 26.0. The largest absolute Gasteiger partial charge is 0.455 e. The summed E-state index contributed by atoms with van der Waals surface area (Å²) in [5.41, 5.74) is 12.6. The highest BCUT2D eigenvalue weighted by Crippen LogP contribution is 2.52. The first-order valence-electron chi connectivity index (χ1n) is 16.1. The average Bonchev–Trinajstić information content (AvgIpc) is 3.74. The van der Waals surface area contributed by atoms with Gasteiger partial charge >= 0.3 is 0 Å². The van der Waals surface area contributed by atoms with Gasteiger partial charge in [-0.2, -0.15) is 0 Å². The molecule has 0 fully saturated rings. The van der Waals surface area contributed by atoms with Crippen molar-refractivity contribution in [2.45, 2.75) is 19.3 Å². The first-order valence-corrected chi connectivity index (χ1v) is 16.1. The van der Waals surface area contributed by atoms with Crippen LogP contribution in [0.15, 0.2) is 144 Å². The van der Waals surface area contributed by atoms with Crippen LogP contribution in [-0.2, 0) is 5.41 Å². The molecule has 0 unspecified atom stereocenters. The molecule has 1 aliphatic carbocycles. The Bertz CT molecular complexity index is 2710. The van der Waals surface area contributed by atoms with Crippen LogP contribution in [0.1, 0.15) is 25.0 Å². The quantitative estimate of drug-likeness (QED) is 0.202. The average molecular weight is 604 g/mol. The van der Waals surface area contributed by atoms with Gasteiger partial charge in [0.05, 0.1) is 22.4 Å². The van der Waals surface area contributed by atoms with Crippen LogP contribution in [0.4, 0.5) is 0 Å². The number of hydrogen-bond donors (Lipinski definition) is 0. The van der Waals surface area contributed by atoms with Crippen molar-refractivity contribution in [2.75, 3.05) is 0 Å². The van der Waals surface area contributed by atoms with E-state index in [9.17, 15) is 0 Å². The monoisotopic (exact) mass is 603 g/mol. The molecule has 0 aliphatic heterocycles. The molecule has 0 bridgehead atoms. The maximum atomic E-state index is 6.51. The van der Waals surface area contributed by atoms with Gasteiger partial charge in [0, 0.05) is 43.7 Å². The van der Waals surface area contributed by atoms with E-state index in [0.29, 0.717) is 5.95 Å². The Balaban J connectivity index is 1.34. The van der Waals surface area contributed by atoms with E-state index in [1.165, 1.54) is 33.0 Å². The van der Waals surface area contributed by atoms with E-state index in [2.05, 4.69) is 140 Å². The number of fused-ring (bicyclic) bond motifs is 10. The molecule has 0 N–H and O–H groups in total. The molecular formula is C43H29N3O. The normalized spacial score (nSPS) is 13.5. The lowest BCUT2D eigenvalue weighted by atomic mass is 9.82. The molecule has 0 radical (unpaired) electrons. The fraction of sp³-hybridized carbons (Fsp3) is 0.0698. The van der Waals surface area contributed by atoms with Crippen LogP contribution in [0.3, 0.4) is 0 Å². The molecule has 1 aliphatic rings. The Hall–Kier alpha value is -6.00. The van der Waals surface area contributed by atoms with Gasteiger partial charge in [0.15, 0.2) is 0 Å². The molecule has 9 aromatic rings. The smallest absolute Gasteiger partial charge is 0.235 e. The molecule has 0 saturated carbocycles. The second-order valence-electron chi connectivity index (χ2n) is 13.0. The third kappa shape index (κ3) is 3.64. The van der Waals surface area contributed by atoms with Crippen LogP contribution in [0.2, 0.25) is 0 Å². The zero-order valence-corrected chi connectivity index (χ0v) is 26.0. The summed E-state index contributed by atoms with van der Waals surface area (Å²) in [7, 11) is 0. The fourth-order valence-corrected chi connectivity index (χ4v) is 7.83. The van der Waals surface area contributed by atoms with E-state index in [1.807, 2.05) is 18.2 Å². The lowest BCUT2D eigenvalue weighted by molar-refractivity contribution is 0.660. The van der Waals surface area contributed by atoms with E-state index in [0.717, 1.165) is 55.5 Å². The first kappa shape index (κ1) is 26.2. The summed E-state index contributed by atoms with van der Waals surface area (Å²) >= 11 is 0. The van der Waals surface area contributed by atoms with E-state index in [-0.39, 0.29) is 5.41 Å². The maximum absolute atomic E-state index is 6.51. The number of furan rings is 1. The van der Waals surface area contributed by atoms with E-state index in [1.54, 1.807) is 0 Å². The van der Waals surface area contributed by atoms with Crippen LogP contribution in [0.5, 0.6) is 0 Å². The molecule has 222 valence electrons. The molecule has 6 aromatic carbocycles. The molecular weight excluding hydrogens is 574 g/mol. The summed E-state index contributed by atoms with van der Waals surface area (Å²) in [6, 6.07) is 49.1. The molecule has 3 heterocycles. The summed E-state index contributed by atoms with van der Waals surface area (Å²) in [5, 5.41) is 4.55. The van der Waals surface area contributed by atoms with Crippen LogP contribution >= 0.6 is 0 Å². The van der Waals surface area contributed by atoms with Crippen molar-refractivity contribution in [3.05, 3.63) is 151 Å². The summed E-state index contributed by atoms with van der Waals surface area (Å²) in [6.07, 6.45) is 0. The summed E-state index contributed by atoms with van der Waals surface area (Å²) in [5.74, 6) is 0.635. The van der Waals surface area contributed by atoms with Crippen molar-refractivity contribution in [1.82, 2.24) is 14.5 Å². The standard InChI is InChI=1S/C43H29N3O/c1-43(2)33-20-9-6-17-31(33)39-34(43)24-23-29-27-15-7-10-21-37(27)46(40(29)39)42-44-35(26-13-4-3-5-14-26)25-36(45-42)32-19-12-18-30-28-16-8-11-22-38(28)47-41(30)32/h3-25H,1-2H3. The minimum Gasteiger partial charge on any atom is -0.455 e. The van der Waals surface area contributed by atoms with Crippen LogP contribution in [0, 0.1) is 0 Å². The number of hydrogen-bond acceptors (Lipinski definition) is 3. The van der Waals surface area contributed by atoms with E-state index in [4.69, 9.17) is 14.4 Å². The minimum absolute atomic E-state index is 0.129. The SMILES string of the molecule is CC1(C)c2ccccc2-c2c1ccc1c3ccccc3n(-c3nc(-c4ccccc4)cc(-c4cccc5c4oc4ccccc45)n3)c21. The molecule has 0 spiro atoms. The van der Waals surface area contributed by atoms with Gasteiger partial charge in [-0.3, -0.25) is 4.57 Å². The molecule has 4 heteroatoms. The van der Waals surface area contributed by atoms with Gasteiger partial charge < -0.3 is 4.42 Å². The van der Waals surface area contributed by atoms with Gasteiger partial charge in [-0.05, 0) is 41.0 Å². The highest BCUT2D eigenvalue weighted by Gasteiger charge is 2.37. The second kappa shape index (κ2) is 9.51. The predicted octanol–water partition coefficient (Wildman–Crippen LogP) is 11.1. The molecule has 4 nitrogen and oxygen atoms in total. The molecule has 10 rings (SSSR count). The number of rotatable bonds is 3. The number of aromatic nitrogens is 3. The van der Waals surface area contributed by atoms with Crippen molar-refractivity contribution in [1.29, 1.82) is 0 Å². The number of benzene rings is 6. The van der Waals surface area contributed by atoms with Crippen molar-refractivity contribution in [2.24, 2.45) is 0 Å². The summed E-state index contributed by atoms with van der Waals surface area (Å²) in [4.78, 5) is 10.7. The summed E-state index contributed by atoms with van der Waals surface area (Å²) < 4.78 is 8.80. The summed E-state index contributed by atoms with van der Waals surface area (Å²) in [6.45, 7) is 4.66. The second-order valence-corrected chi connectivity index (χ2v) is 13.0. The van der Waals surface area contributed by atoms with Gasteiger partial charge in [0.25, 0.3) is 0 Å². The van der Waals surface area contributed by atoms with Gasteiger partial charge in [0.2, 0.25) is 5.95 Å². The fourth-order valence-electron chi connectivity index (χ4n) is 7.83. The lowest BCUT2D eigenvalue weighted by Gasteiger charge is -2.21. The number of nitrogens with zero attached hydrogens (tertiary/aromatic N) is 3. The van der Waals surface area contributed by atoms with Gasteiger partial charge in [-0.1, -0.05) is 129 Å². The predicted molar refractivity (Wildman–Crippen MR) is 192 cm³/mol. The van der Waals surface area contributed by atoms with Crippen molar-refractivity contribution < 1.29 is 4.42 Å². The lowest BCUT2D eigenvalue weighted by Crippen LogP contribution is -2.14. The first-order chi connectivity index (χ1) is 23.1. The van der Waals surface area contributed by atoms with Crippen LogP contribution in [0.25, 0.3) is 83.3 Å². The third-order valence-electron chi connectivity index (χ3n) is 10.0. The molecule has 0 saturated heterocycles. The zero-order chi connectivity index (χ0) is 31.3. The molecule has 47 heavy (non-hydrogen) atoms. The number of para-hydroxylation sites is 3. The van der Waals surface area contributed by atoms with Gasteiger partial charge in [0.1, 0.15) is 11.2 Å². The van der Waals surface area contributed by atoms with Crippen molar-refractivity contribution >= 4 is 43.7 Å². The Kier molecular flexibility index (Phi) is 5.31. The van der Waals surface area contributed by atoms with Crippen LogP contribution < -0.4 is 0 Å². The Labute approximate surface area is 271 Å². The van der Waals surface area contributed by atoms with Gasteiger partial charge in [-0.25, -0.2) is 9.97 Å². The third-order valence-corrected chi connectivity index (χ3v) is 10.0. The molecule has 0 amide bonds. The van der Waals surface area contributed by atoms with Crippen LogP contribution in [-0.4, -0.2) is 14.5 Å². The Morgan fingerprint density at radius 1 is 0.553 bits per heavy atom. The highest BCUT2D eigenvalue weighted by atomic mass is 16.3. The topological polar surface area (TPSA) is 43.9 Å². The maximum Gasteiger partial charge on any atom is 0.235 e. The molecule has 3 aromatic heterocycles.